The first-order chi connectivity index (χ1) is 19.7. The van der Waals surface area contributed by atoms with Crippen LogP contribution in [-0.4, -0.2) is 26.0 Å². The number of benzene rings is 3. The molecule has 0 bridgehead atoms. The Balaban J connectivity index is 0.000000291. The molecule has 0 saturated heterocycles. The van der Waals surface area contributed by atoms with Crippen LogP contribution in [0, 0.1) is 12.1 Å². The van der Waals surface area contributed by atoms with Crippen molar-refractivity contribution in [2.75, 3.05) is 0 Å². The van der Waals surface area contributed by atoms with E-state index in [-0.39, 0.29) is 25.8 Å². The predicted molar refractivity (Wildman–Crippen MR) is 154 cm³/mol. The molecular weight excluding hydrogens is 687 g/mol. The van der Waals surface area contributed by atoms with Crippen LogP contribution in [0.15, 0.2) is 134 Å². The molecule has 0 fully saturated rings. The number of nitrogens with zero attached hydrogens (tertiary/aromatic N) is 3. The summed E-state index contributed by atoms with van der Waals surface area (Å²) in [6, 6.07) is 45.2. The van der Waals surface area contributed by atoms with Gasteiger partial charge in [0.1, 0.15) is 5.69 Å². The van der Waals surface area contributed by atoms with Gasteiger partial charge in [0.25, 0.3) is 0 Å². The van der Waals surface area contributed by atoms with Gasteiger partial charge in [-0.3, -0.25) is 4.98 Å². The number of aromatic carboxylic acids is 1. The van der Waals surface area contributed by atoms with Gasteiger partial charge in [-0.05, 0) is 41.1 Å². The van der Waals surface area contributed by atoms with E-state index in [0.717, 1.165) is 33.6 Å². The molecule has 3 aromatic heterocycles. The SMILES string of the molecule is O=C(O)c1ccccn1.[Ir].[c-]1ccccc1[C@]1(c2[c-]c(-c3ccccn3)ccc2)c2ccccc2-c2cccnc21. The molecule has 0 amide bonds. The first-order valence-electron chi connectivity index (χ1n) is 12.8. The third-order valence-corrected chi connectivity index (χ3v) is 6.92. The third kappa shape index (κ3) is 5.11. The van der Waals surface area contributed by atoms with Gasteiger partial charge in [-0.2, -0.15) is 30.3 Å². The van der Waals surface area contributed by atoms with Gasteiger partial charge in [0, 0.05) is 49.7 Å². The maximum atomic E-state index is 10.1. The zero-order valence-electron chi connectivity index (χ0n) is 21.7. The predicted octanol–water partition coefficient (Wildman–Crippen LogP) is 6.88. The molecule has 1 atom stereocenters. The summed E-state index contributed by atoms with van der Waals surface area (Å²) < 4.78 is 0. The van der Waals surface area contributed by atoms with Crippen LogP contribution in [0.5, 0.6) is 0 Å². The molecule has 5 nitrogen and oxygen atoms in total. The van der Waals surface area contributed by atoms with Gasteiger partial charge in [0.15, 0.2) is 0 Å². The number of carboxylic acid groups (broad SMARTS) is 1. The van der Waals surface area contributed by atoms with E-state index in [1.165, 1.54) is 23.4 Å². The molecule has 6 aromatic rings. The third-order valence-electron chi connectivity index (χ3n) is 6.92. The Morgan fingerprint density at radius 1 is 0.659 bits per heavy atom. The molecule has 1 aliphatic rings. The fourth-order valence-corrected chi connectivity index (χ4v) is 5.26. The van der Waals surface area contributed by atoms with Crippen molar-refractivity contribution in [3.05, 3.63) is 174 Å². The standard InChI is InChI=1S/C29H18N2.C6H5NO2.Ir/c1-2-11-22(12-3-1)29(23-13-8-10-21(20-23)27-17-6-7-18-30-27)26-16-5-4-14-24(26)25-15-9-19-31-28(25)29;8-6(9)5-3-1-2-4-7-5;/h1-11,13-19H;1-4H,(H,8,9);/q-2;;/t29-;;/m0../s1. The van der Waals surface area contributed by atoms with Crippen molar-refractivity contribution in [1.82, 2.24) is 15.0 Å². The molecular formula is C35H23IrN3O2-2. The number of hydrogen-bond donors (Lipinski definition) is 1. The van der Waals surface area contributed by atoms with Gasteiger partial charge in [-0.15, -0.1) is 41.0 Å². The summed E-state index contributed by atoms with van der Waals surface area (Å²) >= 11 is 0. The minimum Gasteiger partial charge on any atom is -0.477 e. The van der Waals surface area contributed by atoms with Crippen molar-refractivity contribution in [3.8, 4) is 22.4 Å². The first kappa shape index (κ1) is 27.8. The number of rotatable bonds is 4. The first-order valence-corrected chi connectivity index (χ1v) is 12.8. The van der Waals surface area contributed by atoms with Crippen molar-refractivity contribution in [1.29, 1.82) is 0 Å². The van der Waals surface area contributed by atoms with E-state index in [2.05, 4.69) is 82.8 Å². The summed E-state index contributed by atoms with van der Waals surface area (Å²) in [4.78, 5) is 23.2. The van der Waals surface area contributed by atoms with Crippen LogP contribution >= 0.6 is 0 Å². The second-order valence-electron chi connectivity index (χ2n) is 9.18. The number of aromatic nitrogens is 3. The van der Waals surface area contributed by atoms with Crippen LogP contribution in [0.25, 0.3) is 22.4 Å². The van der Waals surface area contributed by atoms with E-state index in [9.17, 15) is 4.79 Å². The summed E-state index contributed by atoms with van der Waals surface area (Å²) in [5.74, 6) is -0.990. The average Bonchev–Trinajstić information content (AvgIpc) is 3.34. The molecule has 0 aliphatic heterocycles. The molecule has 1 aliphatic carbocycles. The molecule has 41 heavy (non-hydrogen) atoms. The van der Waals surface area contributed by atoms with E-state index in [1.807, 2.05) is 48.8 Å². The number of carboxylic acids is 1. The van der Waals surface area contributed by atoms with Crippen LogP contribution in [-0.2, 0) is 25.5 Å². The zero-order chi connectivity index (χ0) is 27.4. The molecule has 0 saturated carbocycles. The fourth-order valence-electron chi connectivity index (χ4n) is 5.26. The van der Waals surface area contributed by atoms with E-state index in [4.69, 9.17) is 10.1 Å². The van der Waals surface area contributed by atoms with E-state index in [1.54, 1.807) is 12.1 Å². The Kier molecular flexibility index (Phi) is 8.25. The van der Waals surface area contributed by atoms with Gasteiger partial charge in [-0.1, -0.05) is 48.5 Å². The molecule has 0 unspecified atom stereocenters. The van der Waals surface area contributed by atoms with Gasteiger partial charge >= 0.3 is 5.97 Å². The summed E-state index contributed by atoms with van der Waals surface area (Å²) in [6.45, 7) is 0. The van der Waals surface area contributed by atoms with E-state index < -0.39 is 11.4 Å². The number of hydrogen-bond acceptors (Lipinski definition) is 4. The summed E-state index contributed by atoms with van der Waals surface area (Å²) in [7, 11) is 0. The Labute approximate surface area is 252 Å². The normalized spacial score (nSPS) is 14.4. The van der Waals surface area contributed by atoms with Crippen LogP contribution < -0.4 is 0 Å². The molecule has 3 aromatic carbocycles. The topological polar surface area (TPSA) is 76.0 Å². The van der Waals surface area contributed by atoms with Crippen LogP contribution in [0.1, 0.15) is 32.9 Å². The zero-order valence-corrected chi connectivity index (χ0v) is 24.1. The maximum absolute atomic E-state index is 10.1. The molecule has 7 rings (SSSR count). The second kappa shape index (κ2) is 12.2. The Morgan fingerprint density at radius 3 is 2.07 bits per heavy atom. The Morgan fingerprint density at radius 2 is 1.37 bits per heavy atom. The fraction of sp³-hybridized carbons (Fsp3) is 0.0286. The number of fused-ring (bicyclic) bond motifs is 3. The molecule has 1 radical (unpaired) electrons. The summed E-state index contributed by atoms with van der Waals surface area (Å²) in [5, 5.41) is 8.32. The summed E-state index contributed by atoms with van der Waals surface area (Å²) in [6.07, 6.45) is 5.15. The second-order valence-corrected chi connectivity index (χ2v) is 9.18. The maximum Gasteiger partial charge on any atom is 0.354 e. The minimum absolute atomic E-state index is 0. The minimum atomic E-state index is -0.990. The summed E-state index contributed by atoms with van der Waals surface area (Å²) in [5.41, 5.74) is 8.08. The van der Waals surface area contributed by atoms with Crippen LogP contribution in [0.4, 0.5) is 0 Å². The smallest absolute Gasteiger partial charge is 0.354 e. The van der Waals surface area contributed by atoms with E-state index >= 15 is 0 Å². The Bertz CT molecular complexity index is 1730. The number of pyridine rings is 3. The average molecular weight is 710 g/mol. The van der Waals surface area contributed by atoms with Crippen LogP contribution in [0.3, 0.4) is 0 Å². The Hall–Kier alpha value is -4.77. The van der Waals surface area contributed by atoms with E-state index in [0.29, 0.717) is 0 Å². The number of carbonyl (C=O) groups is 1. The molecule has 6 heteroatoms. The van der Waals surface area contributed by atoms with Crippen molar-refractivity contribution in [3.63, 3.8) is 0 Å². The molecule has 0 spiro atoms. The van der Waals surface area contributed by atoms with Crippen molar-refractivity contribution < 1.29 is 30.0 Å². The largest absolute Gasteiger partial charge is 0.477 e. The van der Waals surface area contributed by atoms with Crippen molar-refractivity contribution in [2.24, 2.45) is 0 Å². The van der Waals surface area contributed by atoms with Gasteiger partial charge in [-0.25, -0.2) is 9.78 Å². The van der Waals surface area contributed by atoms with Gasteiger partial charge in [0.05, 0.1) is 5.69 Å². The quantitative estimate of drug-likeness (QED) is 0.202. The van der Waals surface area contributed by atoms with Gasteiger partial charge < -0.3 is 10.1 Å². The molecule has 201 valence electrons. The van der Waals surface area contributed by atoms with Gasteiger partial charge in [0.2, 0.25) is 0 Å². The molecule has 1 N–H and O–H groups in total. The van der Waals surface area contributed by atoms with Crippen molar-refractivity contribution >= 4 is 5.97 Å². The van der Waals surface area contributed by atoms with Crippen LogP contribution in [0.2, 0.25) is 0 Å². The van der Waals surface area contributed by atoms with Crippen molar-refractivity contribution in [2.45, 2.75) is 5.41 Å². The molecule has 3 heterocycles. The monoisotopic (exact) mass is 710 g/mol.